The second kappa shape index (κ2) is 12.7. The minimum absolute atomic E-state index is 0.610. The molecule has 194 valence electrons. The van der Waals surface area contributed by atoms with Gasteiger partial charge in [0.2, 0.25) is 5.95 Å². The van der Waals surface area contributed by atoms with Gasteiger partial charge < -0.3 is 25.0 Å². The maximum absolute atomic E-state index is 5.55. The first kappa shape index (κ1) is 26.0. The van der Waals surface area contributed by atoms with Gasteiger partial charge in [0.05, 0.1) is 19.7 Å². The van der Waals surface area contributed by atoms with Crippen molar-refractivity contribution in [2.24, 2.45) is 5.92 Å². The third-order valence-corrected chi connectivity index (χ3v) is 6.78. The zero-order valence-electron chi connectivity index (χ0n) is 22.1. The fourth-order valence-electron chi connectivity index (χ4n) is 4.70. The van der Waals surface area contributed by atoms with E-state index in [4.69, 9.17) is 19.4 Å². The molecule has 1 fully saturated rings. The zero-order chi connectivity index (χ0) is 25.3. The van der Waals surface area contributed by atoms with Crippen LogP contribution in [0.5, 0.6) is 11.5 Å². The van der Waals surface area contributed by atoms with E-state index in [0.717, 1.165) is 62.4 Å². The predicted octanol–water partition coefficient (Wildman–Crippen LogP) is 4.33. The Kier molecular flexibility index (Phi) is 9.19. The number of hydrogen-bond donors (Lipinski definition) is 2. The Balaban J connectivity index is 1.43. The third-order valence-electron chi connectivity index (χ3n) is 6.78. The summed E-state index contributed by atoms with van der Waals surface area (Å²) in [7, 11) is 7.47. The van der Waals surface area contributed by atoms with Crippen molar-refractivity contribution < 1.29 is 9.47 Å². The molecule has 2 aromatic carbocycles. The lowest BCUT2D eigenvalue weighted by atomic mass is 9.96. The number of benzene rings is 2. The van der Waals surface area contributed by atoms with Crippen LogP contribution in [0.2, 0.25) is 0 Å². The van der Waals surface area contributed by atoms with Gasteiger partial charge in [-0.2, -0.15) is 4.98 Å². The number of aromatic nitrogens is 2. The van der Waals surface area contributed by atoms with Crippen LogP contribution in [-0.4, -0.2) is 80.8 Å². The molecule has 1 saturated heterocycles. The van der Waals surface area contributed by atoms with Crippen LogP contribution in [0.15, 0.2) is 42.5 Å². The molecule has 0 amide bonds. The standard InChI is InChI=1S/C28H40N6O2/c1-33(2)14-8-13-29-28-31-24-18-26(36-4)25(35-3)17-23(24)27(32-28)30-19-21-11-15-34(16-12-21)20-22-9-6-5-7-10-22/h5-7,9-10,17-18,21H,8,11-16,19-20H2,1-4H3,(H2,29,30,31,32). The van der Waals surface area contributed by atoms with Gasteiger partial charge in [-0.15, -0.1) is 0 Å². The number of likely N-dealkylation sites (tertiary alicyclic amines) is 1. The molecule has 36 heavy (non-hydrogen) atoms. The van der Waals surface area contributed by atoms with E-state index < -0.39 is 0 Å². The van der Waals surface area contributed by atoms with Crippen LogP contribution in [0.1, 0.15) is 24.8 Å². The molecule has 8 heteroatoms. The van der Waals surface area contributed by atoms with Crippen molar-refractivity contribution in [3.05, 3.63) is 48.0 Å². The van der Waals surface area contributed by atoms with E-state index in [-0.39, 0.29) is 0 Å². The Morgan fingerprint density at radius 1 is 0.972 bits per heavy atom. The number of piperidine rings is 1. The number of ether oxygens (including phenoxy) is 2. The lowest BCUT2D eigenvalue weighted by Gasteiger charge is -2.32. The fourth-order valence-corrected chi connectivity index (χ4v) is 4.70. The highest BCUT2D eigenvalue weighted by Crippen LogP contribution is 2.35. The Morgan fingerprint density at radius 3 is 2.39 bits per heavy atom. The summed E-state index contributed by atoms with van der Waals surface area (Å²) in [5.74, 6) is 3.42. The lowest BCUT2D eigenvalue weighted by Crippen LogP contribution is -2.35. The number of nitrogens with one attached hydrogen (secondary N) is 2. The second-order valence-corrected chi connectivity index (χ2v) is 9.79. The number of methoxy groups -OCH3 is 2. The van der Waals surface area contributed by atoms with Gasteiger partial charge in [0, 0.05) is 31.1 Å². The van der Waals surface area contributed by atoms with Gasteiger partial charge in [-0.3, -0.25) is 4.90 Å². The summed E-state index contributed by atoms with van der Waals surface area (Å²) in [5, 5.41) is 7.98. The van der Waals surface area contributed by atoms with Gasteiger partial charge in [0.15, 0.2) is 11.5 Å². The Morgan fingerprint density at radius 2 is 1.69 bits per heavy atom. The smallest absolute Gasteiger partial charge is 0.225 e. The molecule has 1 aliphatic rings. The molecule has 0 aliphatic carbocycles. The summed E-state index contributed by atoms with van der Waals surface area (Å²) < 4.78 is 11.1. The predicted molar refractivity (Wildman–Crippen MR) is 147 cm³/mol. The molecule has 1 aliphatic heterocycles. The third kappa shape index (κ3) is 6.98. The Hall–Kier alpha value is -3.10. The van der Waals surface area contributed by atoms with E-state index in [1.54, 1.807) is 14.2 Å². The molecule has 1 aromatic heterocycles. The molecule has 2 heterocycles. The maximum Gasteiger partial charge on any atom is 0.225 e. The molecular formula is C28H40N6O2. The molecule has 2 N–H and O–H groups in total. The van der Waals surface area contributed by atoms with Crippen molar-refractivity contribution in [3.63, 3.8) is 0 Å². The van der Waals surface area contributed by atoms with Crippen LogP contribution in [-0.2, 0) is 6.54 Å². The van der Waals surface area contributed by atoms with Crippen LogP contribution in [0, 0.1) is 5.92 Å². The fraction of sp³-hybridized carbons (Fsp3) is 0.500. The van der Waals surface area contributed by atoms with Gasteiger partial charge in [0.25, 0.3) is 0 Å². The van der Waals surface area contributed by atoms with E-state index in [1.165, 1.54) is 18.4 Å². The average Bonchev–Trinajstić information content (AvgIpc) is 2.90. The summed E-state index contributed by atoms with van der Waals surface area (Å²) >= 11 is 0. The maximum atomic E-state index is 5.55. The summed E-state index contributed by atoms with van der Waals surface area (Å²) in [6.45, 7) is 5.99. The first-order chi connectivity index (χ1) is 17.6. The van der Waals surface area contributed by atoms with Crippen LogP contribution >= 0.6 is 0 Å². The monoisotopic (exact) mass is 492 g/mol. The number of nitrogens with zero attached hydrogens (tertiary/aromatic N) is 4. The lowest BCUT2D eigenvalue weighted by molar-refractivity contribution is 0.182. The van der Waals surface area contributed by atoms with Crippen LogP contribution in [0.3, 0.4) is 0 Å². The summed E-state index contributed by atoms with van der Waals surface area (Å²) in [6.07, 6.45) is 3.37. The van der Waals surface area contributed by atoms with Gasteiger partial charge in [-0.1, -0.05) is 30.3 Å². The van der Waals surface area contributed by atoms with Crippen LogP contribution in [0.4, 0.5) is 11.8 Å². The molecule has 0 spiro atoms. The first-order valence-corrected chi connectivity index (χ1v) is 12.9. The molecule has 4 rings (SSSR count). The van der Waals surface area contributed by atoms with Crippen LogP contribution < -0.4 is 20.1 Å². The summed E-state index contributed by atoms with van der Waals surface area (Å²) in [6, 6.07) is 14.6. The normalized spacial score (nSPS) is 14.8. The van der Waals surface area contributed by atoms with Gasteiger partial charge in [0.1, 0.15) is 5.82 Å². The minimum Gasteiger partial charge on any atom is -0.493 e. The van der Waals surface area contributed by atoms with Crippen molar-refractivity contribution in [2.75, 3.05) is 71.7 Å². The Bertz CT molecular complexity index is 1100. The van der Waals surface area contributed by atoms with Crippen molar-refractivity contribution in [3.8, 4) is 11.5 Å². The van der Waals surface area contributed by atoms with Crippen molar-refractivity contribution in [1.82, 2.24) is 19.8 Å². The number of anilines is 2. The molecular weight excluding hydrogens is 452 g/mol. The quantitative estimate of drug-likeness (QED) is 0.362. The average molecular weight is 493 g/mol. The SMILES string of the molecule is COc1cc2nc(NCCCN(C)C)nc(NCC3CCN(Cc4ccccc4)CC3)c2cc1OC. The molecule has 0 saturated carbocycles. The van der Waals surface area contributed by atoms with Gasteiger partial charge in [-0.05, 0) is 70.5 Å². The largest absolute Gasteiger partial charge is 0.493 e. The van der Waals surface area contributed by atoms with E-state index in [2.05, 4.69) is 64.9 Å². The molecule has 0 radical (unpaired) electrons. The Labute approximate surface area is 215 Å². The summed E-state index contributed by atoms with van der Waals surface area (Å²) in [5.41, 5.74) is 2.22. The molecule has 0 bridgehead atoms. The van der Waals surface area contributed by atoms with Crippen molar-refractivity contribution >= 4 is 22.7 Å². The highest BCUT2D eigenvalue weighted by molar-refractivity contribution is 5.92. The first-order valence-electron chi connectivity index (χ1n) is 12.9. The highest BCUT2D eigenvalue weighted by atomic mass is 16.5. The van der Waals surface area contributed by atoms with Gasteiger partial charge >= 0.3 is 0 Å². The summed E-state index contributed by atoms with van der Waals surface area (Å²) in [4.78, 5) is 14.3. The van der Waals surface area contributed by atoms with E-state index in [1.807, 2.05) is 12.1 Å². The van der Waals surface area contributed by atoms with E-state index >= 15 is 0 Å². The second-order valence-electron chi connectivity index (χ2n) is 9.79. The molecule has 0 unspecified atom stereocenters. The molecule has 0 atom stereocenters. The van der Waals surface area contributed by atoms with Crippen LogP contribution in [0.25, 0.3) is 10.9 Å². The molecule has 3 aromatic rings. The topological polar surface area (TPSA) is 74.8 Å². The molecule has 8 nitrogen and oxygen atoms in total. The number of hydrogen-bond acceptors (Lipinski definition) is 8. The number of fused-ring (bicyclic) bond motifs is 1. The highest BCUT2D eigenvalue weighted by Gasteiger charge is 2.20. The van der Waals surface area contributed by atoms with E-state index in [9.17, 15) is 0 Å². The van der Waals surface area contributed by atoms with E-state index in [0.29, 0.717) is 23.4 Å². The number of rotatable bonds is 12. The van der Waals surface area contributed by atoms with Gasteiger partial charge in [-0.25, -0.2) is 4.98 Å². The minimum atomic E-state index is 0.610. The van der Waals surface area contributed by atoms with Crippen molar-refractivity contribution in [2.45, 2.75) is 25.8 Å². The zero-order valence-corrected chi connectivity index (χ0v) is 22.1. The van der Waals surface area contributed by atoms with Crippen molar-refractivity contribution in [1.29, 1.82) is 0 Å².